The van der Waals surface area contributed by atoms with E-state index in [-0.39, 0.29) is 6.10 Å². The van der Waals surface area contributed by atoms with Gasteiger partial charge < -0.3 is 20.1 Å². The molecule has 0 aromatic carbocycles. The third-order valence-corrected chi connectivity index (χ3v) is 5.35. The van der Waals surface area contributed by atoms with Gasteiger partial charge in [-0.25, -0.2) is 0 Å². The molecule has 1 fully saturated rings. The fourth-order valence-corrected chi connectivity index (χ4v) is 3.98. The molecule has 1 aliphatic rings. The Hall–Kier alpha value is -0.160. The van der Waals surface area contributed by atoms with Crippen LogP contribution in [0.3, 0.4) is 0 Å². The number of hydrogen-bond donors (Lipinski definition) is 2. The third kappa shape index (κ3) is 8.48. The van der Waals surface area contributed by atoms with Crippen LogP contribution < -0.4 is 5.32 Å². The molecule has 23 heavy (non-hydrogen) atoms. The Kier molecular flexibility index (Phi) is 11.1. The van der Waals surface area contributed by atoms with Crippen LogP contribution >= 0.6 is 0 Å². The van der Waals surface area contributed by atoms with Gasteiger partial charge in [-0.05, 0) is 83.8 Å². The number of aliphatic hydroxyl groups excluding tert-OH is 1. The first-order valence-corrected chi connectivity index (χ1v) is 9.69. The molecule has 0 radical (unpaired) electrons. The SMILES string of the molecule is CCOCC1CC(CCCN(C)CCNC)CC(C(O)CC)C1. The molecule has 0 aromatic heterocycles. The number of hydrogen-bond acceptors (Lipinski definition) is 4. The van der Waals surface area contributed by atoms with E-state index in [4.69, 9.17) is 4.74 Å². The number of rotatable bonds is 12. The molecular formula is C19H40N2O2. The average molecular weight is 329 g/mol. The second-order valence-corrected chi connectivity index (χ2v) is 7.38. The van der Waals surface area contributed by atoms with E-state index in [2.05, 4.69) is 31.1 Å². The minimum Gasteiger partial charge on any atom is -0.393 e. The molecule has 1 rings (SSSR count). The summed E-state index contributed by atoms with van der Waals surface area (Å²) in [6.07, 6.45) is 6.95. The van der Waals surface area contributed by atoms with Crippen molar-refractivity contribution in [1.82, 2.24) is 10.2 Å². The largest absolute Gasteiger partial charge is 0.393 e. The Morgan fingerprint density at radius 2 is 1.91 bits per heavy atom. The summed E-state index contributed by atoms with van der Waals surface area (Å²) < 4.78 is 5.67. The first kappa shape index (κ1) is 20.9. The van der Waals surface area contributed by atoms with Gasteiger partial charge in [0.25, 0.3) is 0 Å². The molecule has 1 aliphatic carbocycles. The van der Waals surface area contributed by atoms with E-state index >= 15 is 0 Å². The number of ether oxygens (including phenoxy) is 1. The van der Waals surface area contributed by atoms with Gasteiger partial charge in [0.05, 0.1) is 6.10 Å². The van der Waals surface area contributed by atoms with Crippen molar-refractivity contribution in [3.63, 3.8) is 0 Å². The summed E-state index contributed by atoms with van der Waals surface area (Å²) in [6.45, 7) is 9.20. The molecule has 4 nitrogen and oxygen atoms in total. The summed E-state index contributed by atoms with van der Waals surface area (Å²) in [5.74, 6) is 1.88. The summed E-state index contributed by atoms with van der Waals surface area (Å²) in [4.78, 5) is 2.41. The highest BCUT2D eigenvalue weighted by molar-refractivity contribution is 4.82. The molecule has 138 valence electrons. The van der Waals surface area contributed by atoms with Crippen molar-refractivity contribution in [2.45, 2.75) is 58.5 Å². The Morgan fingerprint density at radius 1 is 1.17 bits per heavy atom. The first-order chi connectivity index (χ1) is 11.1. The van der Waals surface area contributed by atoms with Crippen LogP contribution in [0.25, 0.3) is 0 Å². The molecule has 0 saturated heterocycles. The normalized spacial score (nSPS) is 26.6. The number of nitrogens with one attached hydrogen (secondary N) is 1. The standard InChI is InChI=1S/C19H40N2O2/c1-5-19(22)18-13-16(12-17(14-18)15-23-6-2)8-7-10-21(4)11-9-20-3/h16-20,22H,5-15H2,1-4H3. The van der Waals surface area contributed by atoms with E-state index in [1.54, 1.807) is 0 Å². The van der Waals surface area contributed by atoms with E-state index in [1.165, 1.54) is 32.2 Å². The molecule has 0 aromatic rings. The molecule has 0 aliphatic heterocycles. The highest BCUT2D eigenvalue weighted by Crippen LogP contribution is 2.38. The van der Waals surface area contributed by atoms with Crippen LogP contribution in [0.4, 0.5) is 0 Å². The topological polar surface area (TPSA) is 44.7 Å². The zero-order valence-electron chi connectivity index (χ0n) is 15.9. The van der Waals surface area contributed by atoms with Crippen LogP contribution in [0.1, 0.15) is 52.4 Å². The number of likely N-dealkylation sites (N-methyl/N-ethyl adjacent to an activating group) is 2. The first-order valence-electron chi connectivity index (χ1n) is 9.69. The summed E-state index contributed by atoms with van der Waals surface area (Å²) in [5.41, 5.74) is 0. The number of aliphatic hydroxyl groups is 1. The van der Waals surface area contributed by atoms with Gasteiger partial charge in [0, 0.05) is 26.3 Å². The van der Waals surface area contributed by atoms with Crippen LogP contribution in [0.5, 0.6) is 0 Å². The maximum Gasteiger partial charge on any atom is 0.0566 e. The quantitative estimate of drug-likeness (QED) is 0.578. The minimum absolute atomic E-state index is 0.125. The van der Waals surface area contributed by atoms with Crippen molar-refractivity contribution < 1.29 is 9.84 Å². The molecule has 0 spiro atoms. The lowest BCUT2D eigenvalue weighted by Crippen LogP contribution is -2.33. The third-order valence-electron chi connectivity index (χ3n) is 5.35. The Bertz CT molecular complexity index is 289. The van der Waals surface area contributed by atoms with Gasteiger partial charge in [-0.15, -0.1) is 0 Å². The monoisotopic (exact) mass is 328 g/mol. The average Bonchev–Trinajstić information content (AvgIpc) is 2.57. The van der Waals surface area contributed by atoms with Crippen LogP contribution in [0.2, 0.25) is 0 Å². The highest BCUT2D eigenvalue weighted by Gasteiger charge is 2.31. The molecule has 4 atom stereocenters. The predicted molar refractivity (Wildman–Crippen MR) is 97.8 cm³/mol. The van der Waals surface area contributed by atoms with E-state index in [9.17, 15) is 5.11 Å². The van der Waals surface area contributed by atoms with E-state index < -0.39 is 0 Å². The maximum absolute atomic E-state index is 10.3. The fraction of sp³-hybridized carbons (Fsp3) is 1.00. The molecule has 4 unspecified atom stereocenters. The van der Waals surface area contributed by atoms with Crippen LogP contribution in [-0.4, -0.2) is 63.1 Å². The Labute approximate surface area is 144 Å². The smallest absolute Gasteiger partial charge is 0.0566 e. The molecule has 0 heterocycles. The molecule has 4 heteroatoms. The van der Waals surface area contributed by atoms with Crippen molar-refractivity contribution >= 4 is 0 Å². The van der Waals surface area contributed by atoms with Gasteiger partial charge in [0.2, 0.25) is 0 Å². The second kappa shape index (κ2) is 12.2. The predicted octanol–water partition coefficient (Wildman–Crippen LogP) is 2.76. The van der Waals surface area contributed by atoms with Gasteiger partial charge in [-0.1, -0.05) is 6.92 Å². The lowest BCUT2D eigenvalue weighted by Gasteiger charge is -2.37. The van der Waals surface area contributed by atoms with E-state index in [0.717, 1.165) is 45.1 Å². The van der Waals surface area contributed by atoms with Gasteiger partial charge in [0.1, 0.15) is 0 Å². The molecule has 0 bridgehead atoms. The fourth-order valence-electron chi connectivity index (χ4n) is 3.98. The van der Waals surface area contributed by atoms with Crippen LogP contribution in [0, 0.1) is 17.8 Å². The van der Waals surface area contributed by atoms with Crippen LogP contribution in [-0.2, 0) is 4.74 Å². The summed E-state index contributed by atoms with van der Waals surface area (Å²) >= 11 is 0. The van der Waals surface area contributed by atoms with Gasteiger partial charge in [0.15, 0.2) is 0 Å². The lowest BCUT2D eigenvalue weighted by atomic mass is 9.71. The highest BCUT2D eigenvalue weighted by atomic mass is 16.5. The molecule has 0 amide bonds. The van der Waals surface area contributed by atoms with Gasteiger partial charge in [-0.3, -0.25) is 0 Å². The minimum atomic E-state index is -0.125. The van der Waals surface area contributed by atoms with E-state index in [1.807, 2.05) is 7.05 Å². The van der Waals surface area contributed by atoms with E-state index in [0.29, 0.717) is 11.8 Å². The van der Waals surface area contributed by atoms with Crippen LogP contribution in [0.15, 0.2) is 0 Å². The molecule has 2 N–H and O–H groups in total. The number of nitrogens with zero attached hydrogens (tertiary/aromatic N) is 1. The van der Waals surface area contributed by atoms with Crippen molar-refractivity contribution in [1.29, 1.82) is 0 Å². The lowest BCUT2D eigenvalue weighted by molar-refractivity contribution is 0.0143. The summed E-state index contributed by atoms with van der Waals surface area (Å²) in [7, 11) is 4.22. The zero-order chi connectivity index (χ0) is 17.1. The summed E-state index contributed by atoms with van der Waals surface area (Å²) in [6, 6.07) is 0. The van der Waals surface area contributed by atoms with Crippen molar-refractivity contribution in [3.05, 3.63) is 0 Å². The van der Waals surface area contributed by atoms with Crippen molar-refractivity contribution in [3.8, 4) is 0 Å². The van der Waals surface area contributed by atoms with Crippen molar-refractivity contribution in [2.75, 3.05) is 46.9 Å². The molecule has 1 saturated carbocycles. The summed E-state index contributed by atoms with van der Waals surface area (Å²) in [5, 5.41) is 13.5. The maximum atomic E-state index is 10.3. The molecular weight excluding hydrogens is 288 g/mol. The van der Waals surface area contributed by atoms with Gasteiger partial charge in [-0.2, -0.15) is 0 Å². The van der Waals surface area contributed by atoms with Gasteiger partial charge >= 0.3 is 0 Å². The Balaban J connectivity index is 2.38. The van der Waals surface area contributed by atoms with Crippen molar-refractivity contribution in [2.24, 2.45) is 17.8 Å². The Morgan fingerprint density at radius 3 is 2.57 bits per heavy atom. The second-order valence-electron chi connectivity index (χ2n) is 7.38. The zero-order valence-corrected chi connectivity index (χ0v) is 15.9.